The van der Waals surface area contributed by atoms with Gasteiger partial charge in [-0.25, -0.2) is 8.78 Å². The van der Waals surface area contributed by atoms with Gasteiger partial charge < -0.3 is 5.32 Å². The second-order valence-electron chi connectivity index (χ2n) is 5.48. The summed E-state index contributed by atoms with van der Waals surface area (Å²) in [6.45, 7) is 0.864. The van der Waals surface area contributed by atoms with E-state index in [9.17, 15) is 8.78 Å². The van der Waals surface area contributed by atoms with Crippen molar-refractivity contribution in [1.29, 1.82) is 0 Å². The van der Waals surface area contributed by atoms with Crippen molar-refractivity contribution >= 4 is 0 Å². The van der Waals surface area contributed by atoms with Gasteiger partial charge in [0.05, 0.1) is 6.20 Å². The standard InChI is InChI=1S/C12H17F2N3/c1-17-7-9(6-16-17)10-11(8-15-10)2-4-12(13,14)5-3-11/h6-7,10,15H,2-5,8H2,1H3/t10-/m1/s1. The molecule has 1 atom stereocenters. The van der Waals surface area contributed by atoms with Gasteiger partial charge in [-0.2, -0.15) is 5.10 Å². The van der Waals surface area contributed by atoms with Crippen LogP contribution in [0.5, 0.6) is 0 Å². The van der Waals surface area contributed by atoms with Crippen molar-refractivity contribution in [2.24, 2.45) is 12.5 Å². The highest BCUT2D eigenvalue weighted by Gasteiger charge is 2.52. The molecule has 1 aliphatic carbocycles. The first kappa shape index (κ1) is 11.1. The van der Waals surface area contributed by atoms with Gasteiger partial charge in [0.15, 0.2) is 0 Å². The Balaban J connectivity index is 1.77. The number of aromatic nitrogens is 2. The molecule has 1 aromatic heterocycles. The number of nitrogens with one attached hydrogen (secondary N) is 1. The van der Waals surface area contributed by atoms with Gasteiger partial charge in [-0.3, -0.25) is 4.68 Å². The van der Waals surface area contributed by atoms with E-state index < -0.39 is 5.92 Å². The van der Waals surface area contributed by atoms with E-state index in [1.165, 1.54) is 0 Å². The highest BCUT2D eigenvalue weighted by atomic mass is 19.3. The van der Waals surface area contributed by atoms with Crippen LogP contribution < -0.4 is 5.32 Å². The SMILES string of the molecule is Cn1cc([C@H]2NCC23CCC(F)(F)CC3)cn1. The minimum atomic E-state index is -2.44. The summed E-state index contributed by atoms with van der Waals surface area (Å²) in [5, 5.41) is 7.52. The van der Waals surface area contributed by atoms with Gasteiger partial charge in [-0.15, -0.1) is 0 Å². The summed E-state index contributed by atoms with van der Waals surface area (Å²) in [5.41, 5.74) is 1.18. The third-order valence-corrected chi connectivity index (χ3v) is 4.31. The third-order valence-electron chi connectivity index (χ3n) is 4.31. The lowest BCUT2D eigenvalue weighted by Crippen LogP contribution is -2.58. The molecule has 1 spiro atoms. The first-order valence-electron chi connectivity index (χ1n) is 6.11. The van der Waals surface area contributed by atoms with Crippen molar-refractivity contribution in [1.82, 2.24) is 15.1 Å². The summed E-state index contributed by atoms with van der Waals surface area (Å²) in [4.78, 5) is 0. The topological polar surface area (TPSA) is 29.9 Å². The maximum Gasteiger partial charge on any atom is 0.248 e. The maximum atomic E-state index is 13.2. The van der Waals surface area contributed by atoms with E-state index in [0.717, 1.165) is 12.1 Å². The Morgan fingerprint density at radius 1 is 1.35 bits per heavy atom. The zero-order valence-corrected chi connectivity index (χ0v) is 9.92. The van der Waals surface area contributed by atoms with Gasteiger partial charge in [0.1, 0.15) is 0 Å². The van der Waals surface area contributed by atoms with Crippen LogP contribution in [-0.4, -0.2) is 22.2 Å². The van der Waals surface area contributed by atoms with Gasteiger partial charge in [0.2, 0.25) is 5.92 Å². The first-order valence-corrected chi connectivity index (χ1v) is 6.11. The van der Waals surface area contributed by atoms with E-state index in [1.54, 1.807) is 4.68 Å². The Labute approximate surface area is 99.2 Å². The van der Waals surface area contributed by atoms with Crippen LogP contribution in [0.1, 0.15) is 37.3 Å². The second-order valence-corrected chi connectivity index (χ2v) is 5.48. The Hall–Kier alpha value is -0.970. The smallest absolute Gasteiger partial charge is 0.248 e. The predicted octanol–water partition coefficient (Wildman–Crippen LogP) is 2.26. The van der Waals surface area contributed by atoms with Crippen molar-refractivity contribution < 1.29 is 8.78 Å². The second kappa shape index (κ2) is 3.51. The monoisotopic (exact) mass is 241 g/mol. The minimum Gasteiger partial charge on any atom is -0.309 e. The molecular formula is C12H17F2N3. The molecule has 1 N–H and O–H groups in total. The van der Waals surface area contributed by atoms with E-state index in [0.29, 0.717) is 12.8 Å². The van der Waals surface area contributed by atoms with Crippen LogP contribution in [0.25, 0.3) is 0 Å². The third kappa shape index (κ3) is 1.76. The van der Waals surface area contributed by atoms with Crippen LogP contribution in [0, 0.1) is 5.41 Å². The summed E-state index contributed by atoms with van der Waals surface area (Å²) >= 11 is 0. The van der Waals surface area contributed by atoms with E-state index in [2.05, 4.69) is 10.4 Å². The first-order chi connectivity index (χ1) is 8.01. The van der Waals surface area contributed by atoms with Crippen molar-refractivity contribution in [2.75, 3.05) is 6.54 Å². The molecule has 0 unspecified atom stereocenters. The van der Waals surface area contributed by atoms with Crippen LogP contribution in [0.3, 0.4) is 0 Å². The molecule has 2 aliphatic rings. The normalized spacial score (nSPS) is 30.2. The predicted molar refractivity (Wildman–Crippen MR) is 59.8 cm³/mol. The molecule has 1 saturated heterocycles. The van der Waals surface area contributed by atoms with E-state index >= 15 is 0 Å². The molecule has 0 aromatic carbocycles. The summed E-state index contributed by atoms with van der Waals surface area (Å²) in [7, 11) is 1.88. The van der Waals surface area contributed by atoms with Crippen LogP contribution in [0.15, 0.2) is 12.4 Å². The molecule has 2 fully saturated rings. The molecule has 1 aliphatic heterocycles. The summed E-state index contributed by atoms with van der Waals surface area (Å²) in [5.74, 6) is -2.44. The molecule has 17 heavy (non-hydrogen) atoms. The Kier molecular flexibility index (Phi) is 2.30. The van der Waals surface area contributed by atoms with Crippen LogP contribution in [0.4, 0.5) is 8.78 Å². The summed E-state index contributed by atoms with van der Waals surface area (Å²) < 4.78 is 28.2. The molecule has 1 aromatic rings. The summed E-state index contributed by atoms with van der Waals surface area (Å²) in [6.07, 6.45) is 5.12. The number of nitrogens with zero attached hydrogens (tertiary/aromatic N) is 2. The number of rotatable bonds is 1. The molecule has 94 valence electrons. The van der Waals surface area contributed by atoms with Crippen molar-refractivity contribution in [3.8, 4) is 0 Å². The zero-order chi connectivity index (χ0) is 12.1. The quantitative estimate of drug-likeness (QED) is 0.817. The fraction of sp³-hybridized carbons (Fsp3) is 0.750. The summed E-state index contributed by atoms with van der Waals surface area (Å²) in [6, 6.07) is 0.215. The average Bonchev–Trinajstić information content (AvgIpc) is 2.63. The molecule has 5 heteroatoms. The lowest BCUT2D eigenvalue weighted by Gasteiger charge is -2.53. The van der Waals surface area contributed by atoms with Crippen molar-refractivity contribution in [3.63, 3.8) is 0 Å². The average molecular weight is 241 g/mol. The van der Waals surface area contributed by atoms with Crippen LogP contribution in [-0.2, 0) is 7.05 Å². The molecule has 2 heterocycles. The number of aryl methyl sites for hydroxylation is 1. The highest BCUT2D eigenvalue weighted by molar-refractivity contribution is 5.21. The van der Waals surface area contributed by atoms with Crippen molar-refractivity contribution in [3.05, 3.63) is 18.0 Å². The minimum absolute atomic E-state index is 0.0332. The molecule has 0 radical (unpaired) electrons. The molecular weight excluding hydrogens is 224 g/mol. The van der Waals surface area contributed by atoms with Gasteiger partial charge in [0, 0.05) is 49.7 Å². The van der Waals surface area contributed by atoms with Gasteiger partial charge in [0.25, 0.3) is 0 Å². The van der Waals surface area contributed by atoms with Gasteiger partial charge >= 0.3 is 0 Å². The number of hydrogen-bond donors (Lipinski definition) is 1. The fourth-order valence-corrected chi connectivity index (χ4v) is 3.13. The Bertz CT molecular complexity index is 417. The van der Waals surface area contributed by atoms with Crippen LogP contribution >= 0.6 is 0 Å². The Morgan fingerprint density at radius 3 is 2.53 bits per heavy atom. The van der Waals surface area contributed by atoms with E-state index in [-0.39, 0.29) is 24.3 Å². The number of hydrogen-bond acceptors (Lipinski definition) is 2. The Morgan fingerprint density at radius 2 is 2.06 bits per heavy atom. The van der Waals surface area contributed by atoms with Crippen LogP contribution in [0.2, 0.25) is 0 Å². The molecule has 0 amide bonds. The van der Waals surface area contributed by atoms with Crippen molar-refractivity contribution in [2.45, 2.75) is 37.6 Å². The van der Waals surface area contributed by atoms with Gasteiger partial charge in [-0.05, 0) is 12.8 Å². The van der Waals surface area contributed by atoms with E-state index in [1.807, 2.05) is 19.4 Å². The van der Waals surface area contributed by atoms with Gasteiger partial charge in [-0.1, -0.05) is 0 Å². The van der Waals surface area contributed by atoms with E-state index in [4.69, 9.17) is 0 Å². The lowest BCUT2D eigenvalue weighted by molar-refractivity contribution is -0.0955. The lowest BCUT2D eigenvalue weighted by atomic mass is 9.62. The fourth-order valence-electron chi connectivity index (χ4n) is 3.13. The maximum absolute atomic E-state index is 13.2. The molecule has 0 bridgehead atoms. The molecule has 3 rings (SSSR count). The highest BCUT2D eigenvalue weighted by Crippen LogP contribution is 2.54. The molecule has 3 nitrogen and oxygen atoms in total. The zero-order valence-electron chi connectivity index (χ0n) is 9.92. The molecule has 1 saturated carbocycles. The number of alkyl halides is 2. The number of halogens is 2. The largest absolute Gasteiger partial charge is 0.309 e.